The number of carbonyl (C=O) groups excluding carboxylic acids is 1. The number of fused-ring (bicyclic) bond motifs is 1. The number of anilines is 1. The Bertz CT molecular complexity index is 1260. The standard InChI is InChI=1S/C22H22N4O3/c1-13-20(14(2)29-24-13)17-10-18(23-15(3)27)21-19(11-17)26(22(28)25(21)4)12-16-8-6-5-7-9-16/h5-11H,12H2,1-4H3,(H,23,27). The van der Waals surface area contributed by atoms with Gasteiger partial charge < -0.3 is 9.84 Å². The van der Waals surface area contributed by atoms with Gasteiger partial charge in [0, 0.05) is 19.5 Å². The van der Waals surface area contributed by atoms with Gasteiger partial charge >= 0.3 is 5.69 Å². The quantitative estimate of drug-likeness (QED) is 0.577. The lowest BCUT2D eigenvalue weighted by molar-refractivity contribution is -0.114. The molecule has 2 heterocycles. The summed E-state index contributed by atoms with van der Waals surface area (Å²) in [5.41, 5.74) is 5.32. The Labute approximate surface area is 167 Å². The molecule has 7 heteroatoms. The minimum Gasteiger partial charge on any atom is -0.361 e. The Kier molecular flexibility index (Phi) is 4.58. The van der Waals surface area contributed by atoms with Gasteiger partial charge in [-0.2, -0.15) is 0 Å². The van der Waals surface area contributed by atoms with Gasteiger partial charge in [0.1, 0.15) is 5.76 Å². The lowest BCUT2D eigenvalue weighted by atomic mass is 10.0. The molecule has 0 aliphatic carbocycles. The minimum atomic E-state index is -0.203. The topological polar surface area (TPSA) is 82.1 Å². The van der Waals surface area contributed by atoms with Crippen molar-refractivity contribution in [2.24, 2.45) is 7.05 Å². The fourth-order valence-electron chi connectivity index (χ4n) is 3.80. The highest BCUT2D eigenvalue weighted by molar-refractivity contribution is 6.01. The molecule has 0 aliphatic heterocycles. The molecule has 0 aliphatic rings. The van der Waals surface area contributed by atoms with Crippen molar-refractivity contribution in [2.45, 2.75) is 27.3 Å². The first-order chi connectivity index (χ1) is 13.9. The number of carbonyl (C=O) groups is 1. The first-order valence-corrected chi connectivity index (χ1v) is 9.35. The van der Waals surface area contributed by atoms with Gasteiger partial charge in [0.05, 0.1) is 29.0 Å². The van der Waals surface area contributed by atoms with Crippen molar-refractivity contribution in [3.8, 4) is 11.1 Å². The molecule has 1 amide bonds. The van der Waals surface area contributed by atoms with E-state index in [0.717, 1.165) is 27.9 Å². The molecule has 0 saturated heterocycles. The van der Waals surface area contributed by atoms with Crippen LogP contribution in [0, 0.1) is 13.8 Å². The van der Waals surface area contributed by atoms with Crippen molar-refractivity contribution in [3.05, 3.63) is 70.0 Å². The summed E-state index contributed by atoms with van der Waals surface area (Å²) in [6.45, 7) is 5.60. The summed E-state index contributed by atoms with van der Waals surface area (Å²) in [5, 5.41) is 6.91. The molecule has 0 fully saturated rings. The lowest BCUT2D eigenvalue weighted by Crippen LogP contribution is -2.22. The maximum absolute atomic E-state index is 13.0. The molecule has 4 aromatic rings. The lowest BCUT2D eigenvalue weighted by Gasteiger charge is -2.10. The third-order valence-corrected chi connectivity index (χ3v) is 5.05. The summed E-state index contributed by atoms with van der Waals surface area (Å²) in [4.78, 5) is 24.9. The second kappa shape index (κ2) is 7.09. The summed E-state index contributed by atoms with van der Waals surface area (Å²) in [6.07, 6.45) is 0. The molecule has 0 saturated carbocycles. The van der Waals surface area contributed by atoms with Gasteiger partial charge in [0.2, 0.25) is 5.91 Å². The fourth-order valence-corrected chi connectivity index (χ4v) is 3.80. The van der Waals surface area contributed by atoms with E-state index in [9.17, 15) is 9.59 Å². The summed E-state index contributed by atoms with van der Waals surface area (Å²) in [7, 11) is 1.72. The molecular formula is C22H22N4O3. The largest absolute Gasteiger partial charge is 0.361 e. The predicted octanol–water partition coefficient (Wildman–Crippen LogP) is 3.62. The van der Waals surface area contributed by atoms with Crippen molar-refractivity contribution in [1.82, 2.24) is 14.3 Å². The van der Waals surface area contributed by atoms with E-state index in [1.54, 1.807) is 16.2 Å². The zero-order valence-electron chi connectivity index (χ0n) is 16.8. The molecule has 1 N–H and O–H groups in total. The van der Waals surface area contributed by atoms with Gasteiger partial charge in [-0.05, 0) is 37.1 Å². The zero-order chi connectivity index (χ0) is 20.7. The number of rotatable bonds is 4. The van der Waals surface area contributed by atoms with Crippen LogP contribution in [-0.4, -0.2) is 20.2 Å². The van der Waals surface area contributed by atoms with E-state index in [0.29, 0.717) is 23.5 Å². The van der Waals surface area contributed by atoms with E-state index in [1.165, 1.54) is 6.92 Å². The van der Waals surface area contributed by atoms with E-state index in [-0.39, 0.29) is 11.6 Å². The van der Waals surface area contributed by atoms with Crippen LogP contribution in [0.4, 0.5) is 5.69 Å². The van der Waals surface area contributed by atoms with E-state index >= 15 is 0 Å². The average molecular weight is 390 g/mol. The molecule has 29 heavy (non-hydrogen) atoms. The molecule has 0 unspecified atom stereocenters. The molecule has 0 atom stereocenters. The highest BCUT2D eigenvalue weighted by Crippen LogP contribution is 2.34. The number of aryl methyl sites for hydroxylation is 3. The number of amides is 1. The zero-order valence-corrected chi connectivity index (χ0v) is 16.8. The smallest absolute Gasteiger partial charge is 0.329 e. The van der Waals surface area contributed by atoms with Crippen LogP contribution in [0.3, 0.4) is 0 Å². The summed E-state index contributed by atoms with van der Waals surface area (Å²) in [5.74, 6) is 0.481. The molecule has 2 aromatic carbocycles. The van der Waals surface area contributed by atoms with Gasteiger partial charge in [-0.25, -0.2) is 4.79 Å². The number of hydrogen-bond acceptors (Lipinski definition) is 4. The molecular weight excluding hydrogens is 368 g/mol. The van der Waals surface area contributed by atoms with Crippen molar-refractivity contribution in [1.29, 1.82) is 0 Å². The Morgan fingerprint density at radius 3 is 2.52 bits per heavy atom. The van der Waals surface area contributed by atoms with E-state index in [2.05, 4.69) is 10.5 Å². The first kappa shape index (κ1) is 18.7. The van der Waals surface area contributed by atoms with Crippen molar-refractivity contribution in [3.63, 3.8) is 0 Å². The van der Waals surface area contributed by atoms with E-state index < -0.39 is 0 Å². The second-order valence-corrected chi connectivity index (χ2v) is 7.19. The monoisotopic (exact) mass is 390 g/mol. The number of hydrogen-bond donors (Lipinski definition) is 1. The van der Waals surface area contributed by atoms with Crippen LogP contribution < -0.4 is 11.0 Å². The SMILES string of the molecule is CC(=O)Nc1cc(-c2c(C)noc2C)cc2c1n(C)c(=O)n2Cc1ccccc1. The third-order valence-electron chi connectivity index (χ3n) is 5.05. The summed E-state index contributed by atoms with van der Waals surface area (Å²) >= 11 is 0. The van der Waals surface area contributed by atoms with E-state index in [4.69, 9.17) is 4.52 Å². The minimum absolute atomic E-state index is 0.147. The number of benzene rings is 2. The van der Waals surface area contributed by atoms with Crippen LogP contribution in [0.25, 0.3) is 22.2 Å². The maximum atomic E-state index is 13.0. The fraction of sp³-hybridized carbons (Fsp3) is 0.227. The molecule has 7 nitrogen and oxygen atoms in total. The van der Waals surface area contributed by atoms with Crippen LogP contribution in [0.1, 0.15) is 23.9 Å². The molecule has 4 rings (SSSR count). The van der Waals surface area contributed by atoms with Crippen LogP contribution in [-0.2, 0) is 18.4 Å². The third kappa shape index (κ3) is 3.24. The number of aromatic nitrogens is 3. The predicted molar refractivity (Wildman–Crippen MR) is 112 cm³/mol. The average Bonchev–Trinajstić information content (AvgIpc) is 3.13. The van der Waals surface area contributed by atoms with Gasteiger partial charge in [0.25, 0.3) is 0 Å². The van der Waals surface area contributed by atoms with Gasteiger partial charge in [-0.15, -0.1) is 0 Å². The van der Waals surface area contributed by atoms with E-state index in [1.807, 2.05) is 56.3 Å². The van der Waals surface area contributed by atoms with Gasteiger partial charge in [-0.1, -0.05) is 35.5 Å². The Balaban J connectivity index is 2.02. The maximum Gasteiger partial charge on any atom is 0.329 e. The normalized spacial score (nSPS) is 11.2. The highest BCUT2D eigenvalue weighted by Gasteiger charge is 2.20. The Morgan fingerprint density at radius 2 is 1.90 bits per heavy atom. The molecule has 0 bridgehead atoms. The molecule has 2 aromatic heterocycles. The van der Waals surface area contributed by atoms with Crippen LogP contribution in [0.2, 0.25) is 0 Å². The molecule has 0 spiro atoms. The Morgan fingerprint density at radius 1 is 1.17 bits per heavy atom. The molecule has 148 valence electrons. The van der Waals surface area contributed by atoms with Crippen molar-refractivity contribution in [2.75, 3.05) is 5.32 Å². The number of nitrogens with zero attached hydrogens (tertiary/aromatic N) is 3. The van der Waals surface area contributed by atoms with Crippen molar-refractivity contribution < 1.29 is 9.32 Å². The van der Waals surface area contributed by atoms with Gasteiger partial charge in [-0.3, -0.25) is 13.9 Å². The van der Waals surface area contributed by atoms with Crippen LogP contribution in [0.15, 0.2) is 51.8 Å². The first-order valence-electron chi connectivity index (χ1n) is 9.35. The summed E-state index contributed by atoms with van der Waals surface area (Å²) in [6, 6.07) is 13.6. The summed E-state index contributed by atoms with van der Waals surface area (Å²) < 4.78 is 8.62. The number of nitrogens with one attached hydrogen (secondary N) is 1. The van der Waals surface area contributed by atoms with Crippen LogP contribution in [0.5, 0.6) is 0 Å². The Hall–Kier alpha value is -3.61. The second-order valence-electron chi connectivity index (χ2n) is 7.19. The van der Waals surface area contributed by atoms with Crippen LogP contribution >= 0.6 is 0 Å². The van der Waals surface area contributed by atoms with Crippen molar-refractivity contribution >= 4 is 22.6 Å². The number of imidazole rings is 1. The molecule has 0 radical (unpaired) electrons. The van der Waals surface area contributed by atoms with Gasteiger partial charge in [0.15, 0.2) is 0 Å². The highest BCUT2D eigenvalue weighted by atomic mass is 16.5.